The predicted molar refractivity (Wildman–Crippen MR) is 157 cm³/mol. The maximum atomic E-state index is 12.5. The Morgan fingerprint density at radius 1 is 1.24 bits per heavy atom. The van der Waals surface area contributed by atoms with Crippen molar-refractivity contribution >= 4 is 22.8 Å². The third kappa shape index (κ3) is 4.70. The molecular formula is C32H35N7O2. The molecule has 1 saturated carbocycles. The lowest BCUT2D eigenvalue weighted by Crippen LogP contribution is -2.55. The van der Waals surface area contributed by atoms with Crippen LogP contribution in [0.15, 0.2) is 43.1 Å². The van der Waals surface area contributed by atoms with Crippen molar-refractivity contribution in [1.82, 2.24) is 24.8 Å². The number of piperazine rings is 1. The molecule has 1 aromatic carbocycles. The van der Waals surface area contributed by atoms with E-state index in [1.807, 2.05) is 6.20 Å². The number of amides is 1. The highest BCUT2D eigenvalue weighted by atomic mass is 16.5. The normalized spacial score (nSPS) is 25.1. The highest BCUT2D eigenvalue weighted by Gasteiger charge is 2.46. The van der Waals surface area contributed by atoms with Gasteiger partial charge in [0.25, 0.3) is 0 Å². The number of nitriles is 1. The topological polar surface area (TPSA) is 98.5 Å². The fourth-order valence-electron chi connectivity index (χ4n) is 7.10. The van der Waals surface area contributed by atoms with Gasteiger partial charge in [0, 0.05) is 37.4 Å². The van der Waals surface area contributed by atoms with Gasteiger partial charge < -0.3 is 19.4 Å². The highest BCUT2D eigenvalue weighted by Crippen LogP contribution is 2.58. The second kappa shape index (κ2) is 10.4. The van der Waals surface area contributed by atoms with Gasteiger partial charge in [-0.25, -0.2) is 0 Å². The minimum atomic E-state index is -0.265. The number of benzene rings is 1. The van der Waals surface area contributed by atoms with Crippen molar-refractivity contribution in [2.24, 2.45) is 5.92 Å². The third-order valence-electron chi connectivity index (χ3n) is 9.42. The van der Waals surface area contributed by atoms with Crippen molar-refractivity contribution in [1.29, 1.82) is 5.26 Å². The minimum absolute atomic E-state index is 0.154. The molecule has 4 aliphatic rings. The van der Waals surface area contributed by atoms with E-state index in [0.717, 1.165) is 30.0 Å². The number of rotatable bonds is 7. The first kappa shape index (κ1) is 25.9. The highest BCUT2D eigenvalue weighted by molar-refractivity contribution is 5.90. The number of likely N-dealkylation sites (N-methyl/N-ethyl adjacent to an activating group) is 1. The van der Waals surface area contributed by atoms with Crippen LogP contribution >= 0.6 is 0 Å². The molecular weight excluding hydrogens is 514 g/mol. The third-order valence-corrected chi connectivity index (χ3v) is 9.42. The van der Waals surface area contributed by atoms with E-state index in [0.29, 0.717) is 55.5 Å². The summed E-state index contributed by atoms with van der Waals surface area (Å²) in [6.07, 6.45) is 8.22. The van der Waals surface area contributed by atoms with E-state index in [-0.39, 0.29) is 18.4 Å². The van der Waals surface area contributed by atoms with Crippen molar-refractivity contribution in [3.8, 4) is 23.2 Å². The van der Waals surface area contributed by atoms with E-state index in [1.54, 1.807) is 4.90 Å². The molecule has 3 fully saturated rings. The van der Waals surface area contributed by atoms with Gasteiger partial charge in [-0.3, -0.25) is 9.78 Å². The van der Waals surface area contributed by atoms with Crippen LogP contribution in [0.5, 0.6) is 6.01 Å². The van der Waals surface area contributed by atoms with Gasteiger partial charge in [-0.2, -0.15) is 15.2 Å². The van der Waals surface area contributed by atoms with Gasteiger partial charge in [0.05, 0.1) is 24.0 Å². The molecule has 210 valence electrons. The zero-order chi connectivity index (χ0) is 28.1. The zero-order valence-corrected chi connectivity index (χ0v) is 23.5. The zero-order valence-electron chi connectivity index (χ0n) is 23.5. The number of anilines is 1. The first-order valence-electron chi connectivity index (χ1n) is 14.7. The molecule has 0 bridgehead atoms. The number of pyridine rings is 1. The second-order valence-corrected chi connectivity index (χ2v) is 11.9. The van der Waals surface area contributed by atoms with E-state index >= 15 is 0 Å². The fourth-order valence-corrected chi connectivity index (χ4v) is 7.10. The molecule has 3 aromatic rings. The SMILES string of the molecule is C=CC(=O)N1CCN(c2nc(OC[C@@H]3CCCN3C)nc3cc(-c4cccc5c4[C@@H]4CC4C5)cnc23)C[C@@H]1CC#N. The molecule has 2 aliphatic carbocycles. The molecule has 2 aromatic heterocycles. The van der Waals surface area contributed by atoms with E-state index in [4.69, 9.17) is 19.7 Å². The van der Waals surface area contributed by atoms with Gasteiger partial charge in [0.1, 0.15) is 12.1 Å². The Bertz CT molecular complexity index is 1570. The Morgan fingerprint density at radius 2 is 2.15 bits per heavy atom. The minimum Gasteiger partial charge on any atom is -0.462 e. The molecule has 1 unspecified atom stereocenters. The largest absolute Gasteiger partial charge is 0.462 e. The van der Waals surface area contributed by atoms with Crippen molar-refractivity contribution in [2.45, 2.75) is 50.1 Å². The predicted octanol–water partition coefficient (Wildman–Crippen LogP) is 3.94. The number of likely N-dealkylation sites (tertiary alicyclic amines) is 1. The van der Waals surface area contributed by atoms with E-state index in [1.165, 1.54) is 42.0 Å². The summed E-state index contributed by atoms with van der Waals surface area (Å²) in [5.41, 5.74) is 6.71. The van der Waals surface area contributed by atoms with Gasteiger partial charge in [-0.15, -0.1) is 0 Å². The summed E-state index contributed by atoms with van der Waals surface area (Å²) in [5.74, 6) is 2.01. The molecule has 41 heavy (non-hydrogen) atoms. The van der Waals surface area contributed by atoms with Crippen molar-refractivity contribution < 1.29 is 9.53 Å². The number of nitrogens with zero attached hydrogens (tertiary/aromatic N) is 7. The van der Waals surface area contributed by atoms with Crippen LogP contribution in [0.2, 0.25) is 0 Å². The summed E-state index contributed by atoms with van der Waals surface area (Å²) < 4.78 is 6.25. The van der Waals surface area contributed by atoms with Crippen LogP contribution in [0.25, 0.3) is 22.2 Å². The van der Waals surface area contributed by atoms with Crippen LogP contribution in [0.3, 0.4) is 0 Å². The molecule has 9 heteroatoms. The Morgan fingerprint density at radius 3 is 2.95 bits per heavy atom. The first-order chi connectivity index (χ1) is 20.0. The van der Waals surface area contributed by atoms with Gasteiger partial charge in [0.15, 0.2) is 5.82 Å². The molecule has 2 saturated heterocycles. The summed E-state index contributed by atoms with van der Waals surface area (Å²) in [7, 11) is 2.13. The summed E-state index contributed by atoms with van der Waals surface area (Å²) in [6.45, 7) is 6.76. The lowest BCUT2D eigenvalue weighted by atomic mass is 9.95. The molecule has 1 amide bonds. The number of aromatic nitrogens is 3. The molecule has 2 aliphatic heterocycles. The Kier molecular flexibility index (Phi) is 6.58. The van der Waals surface area contributed by atoms with Crippen molar-refractivity contribution in [3.05, 3.63) is 54.2 Å². The van der Waals surface area contributed by atoms with Gasteiger partial charge in [-0.05, 0) is 79.9 Å². The van der Waals surface area contributed by atoms with Gasteiger partial charge in [0.2, 0.25) is 5.91 Å². The maximum absolute atomic E-state index is 12.5. The number of carbonyl (C=O) groups is 1. The lowest BCUT2D eigenvalue weighted by Gasteiger charge is -2.40. The van der Waals surface area contributed by atoms with Crippen molar-refractivity contribution in [2.75, 3.05) is 44.7 Å². The number of hydrogen-bond donors (Lipinski definition) is 0. The van der Waals surface area contributed by atoms with E-state index in [9.17, 15) is 10.1 Å². The van der Waals surface area contributed by atoms with Gasteiger partial charge in [-0.1, -0.05) is 24.8 Å². The van der Waals surface area contributed by atoms with E-state index in [2.05, 4.69) is 53.8 Å². The summed E-state index contributed by atoms with van der Waals surface area (Å²) in [5, 5.41) is 9.49. The van der Waals surface area contributed by atoms with Crippen LogP contribution in [-0.4, -0.2) is 82.6 Å². The molecule has 0 spiro atoms. The number of ether oxygens (including phenoxy) is 1. The molecule has 4 atom stereocenters. The van der Waals surface area contributed by atoms with Crippen LogP contribution in [0, 0.1) is 17.2 Å². The van der Waals surface area contributed by atoms with Crippen LogP contribution in [-0.2, 0) is 11.2 Å². The second-order valence-electron chi connectivity index (χ2n) is 11.9. The summed E-state index contributed by atoms with van der Waals surface area (Å²) in [4.78, 5) is 33.4. The fraction of sp³-hybridized carbons (Fsp3) is 0.469. The Labute approximate surface area is 240 Å². The standard InChI is InChI=1S/C32H35N7O2/c1-3-28(40)39-13-12-38(18-23(39)9-10-33)31-30-27(35-32(36-31)41-19-24-7-5-11-37(24)2)16-22(17-34-30)25-8-4-6-20-14-21-15-26(21)29(20)25/h3-4,6,8,16-17,21,23-24,26H,1,5,7,9,11-15,18-19H2,2H3/t21?,23-,24-,26+/m0/s1. The van der Waals surface area contributed by atoms with Crippen LogP contribution in [0.1, 0.15) is 42.7 Å². The monoisotopic (exact) mass is 549 g/mol. The molecule has 7 rings (SSSR count). The Balaban J connectivity index is 1.26. The summed E-state index contributed by atoms with van der Waals surface area (Å²) in [6, 6.07) is 11.4. The smallest absolute Gasteiger partial charge is 0.319 e. The lowest BCUT2D eigenvalue weighted by molar-refractivity contribution is -0.128. The van der Waals surface area contributed by atoms with E-state index < -0.39 is 0 Å². The summed E-state index contributed by atoms with van der Waals surface area (Å²) >= 11 is 0. The Hall–Kier alpha value is -4.03. The van der Waals surface area contributed by atoms with Crippen molar-refractivity contribution in [3.63, 3.8) is 0 Å². The maximum Gasteiger partial charge on any atom is 0.319 e. The molecule has 0 radical (unpaired) electrons. The first-order valence-corrected chi connectivity index (χ1v) is 14.7. The number of hydrogen-bond acceptors (Lipinski definition) is 8. The number of carbonyl (C=O) groups excluding carboxylic acids is 1. The quantitative estimate of drug-likeness (QED) is 0.409. The number of fused-ring (bicyclic) bond motifs is 4. The average molecular weight is 550 g/mol. The molecule has 0 N–H and O–H groups in total. The van der Waals surface area contributed by atoms with Crippen LogP contribution < -0.4 is 9.64 Å². The average Bonchev–Trinajstić information content (AvgIpc) is 3.47. The van der Waals surface area contributed by atoms with Gasteiger partial charge >= 0.3 is 6.01 Å². The molecule has 9 nitrogen and oxygen atoms in total. The molecule has 4 heterocycles. The van der Waals surface area contributed by atoms with Crippen LogP contribution in [0.4, 0.5) is 5.82 Å².